The predicted molar refractivity (Wildman–Crippen MR) is 63.0 cm³/mol. The highest BCUT2D eigenvalue weighted by molar-refractivity contribution is 8.00. The predicted octanol–water partition coefficient (Wildman–Crippen LogP) is 3.36. The molecule has 0 bridgehead atoms. The zero-order valence-corrected chi connectivity index (χ0v) is 10.6. The largest absolute Gasteiger partial charge is 0.250 e. The zero-order chi connectivity index (χ0) is 9.90. The summed E-state index contributed by atoms with van der Waals surface area (Å²) in [5, 5.41) is 2.41. The summed E-state index contributed by atoms with van der Waals surface area (Å²) >= 11 is 1.89. The van der Waals surface area contributed by atoms with E-state index >= 15 is 0 Å². The molecule has 0 aromatic carbocycles. The quantitative estimate of drug-likeness (QED) is 0.562. The van der Waals surface area contributed by atoms with E-state index in [-0.39, 0.29) is 0 Å². The SMILES string of the molecule is Cc1ccc(SC[Si](C)(C)C)nc1. The Morgan fingerprint density at radius 3 is 2.46 bits per heavy atom. The number of nitrogens with zero attached hydrogens (tertiary/aromatic N) is 1. The van der Waals surface area contributed by atoms with Crippen LogP contribution < -0.4 is 0 Å². The van der Waals surface area contributed by atoms with Gasteiger partial charge in [-0.05, 0) is 23.9 Å². The van der Waals surface area contributed by atoms with Gasteiger partial charge in [0.2, 0.25) is 0 Å². The van der Waals surface area contributed by atoms with Crippen LogP contribution in [-0.4, -0.2) is 18.4 Å². The van der Waals surface area contributed by atoms with E-state index in [0.717, 1.165) is 5.03 Å². The van der Waals surface area contributed by atoms with Gasteiger partial charge in [0.25, 0.3) is 0 Å². The topological polar surface area (TPSA) is 12.9 Å². The first-order valence-corrected chi connectivity index (χ1v) is 9.22. The molecule has 3 heteroatoms. The average molecular weight is 211 g/mol. The van der Waals surface area contributed by atoms with Crippen LogP contribution in [0.1, 0.15) is 5.56 Å². The number of aryl methyl sites for hydroxylation is 1. The van der Waals surface area contributed by atoms with E-state index in [4.69, 9.17) is 0 Å². The van der Waals surface area contributed by atoms with Crippen molar-refractivity contribution in [1.29, 1.82) is 0 Å². The van der Waals surface area contributed by atoms with Crippen molar-refractivity contribution in [3.63, 3.8) is 0 Å². The minimum absolute atomic E-state index is 0.931. The molecule has 0 fully saturated rings. The number of hydrogen-bond acceptors (Lipinski definition) is 2. The summed E-state index contributed by atoms with van der Waals surface area (Å²) in [6.45, 7) is 9.22. The number of thioether (sulfide) groups is 1. The maximum absolute atomic E-state index is 4.37. The molecule has 0 saturated carbocycles. The Kier molecular flexibility index (Phi) is 3.56. The van der Waals surface area contributed by atoms with Gasteiger partial charge in [-0.25, -0.2) is 4.98 Å². The normalized spacial score (nSPS) is 11.7. The van der Waals surface area contributed by atoms with Crippen LogP contribution in [0.4, 0.5) is 0 Å². The fourth-order valence-corrected chi connectivity index (χ4v) is 3.45. The second-order valence-electron chi connectivity index (χ2n) is 4.52. The van der Waals surface area contributed by atoms with Crippen molar-refractivity contribution in [1.82, 2.24) is 4.98 Å². The summed E-state index contributed by atoms with van der Waals surface area (Å²) in [6.07, 6.45) is 1.94. The highest BCUT2D eigenvalue weighted by Gasteiger charge is 2.13. The fraction of sp³-hybridized carbons (Fsp3) is 0.500. The first-order chi connectivity index (χ1) is 5.97. The highest BCUT2D eigenvalue weighted by atomic mass is 32.2. The standard InChI is InChI=1S/C10H17NSSi/c1-9-5-6-10(11-7-9)12-8-13(2,3)4/h5-7H,8H2,1-4H3. The molecule has 1 aromatic heterocycles. The van der Waals surface area contributed by atoms with Gasteiger partial charge in [0, 0.05) is 6.20 Å². The molecule has 1 nitrogen and oxygen atoms in total. The van der Waals surface area contributed by atoms with Gasteiger partial charge in [-0.1, -0.05) is 25.7 Å². The summed E-state index contributed by atoms with van der Waals surface area (Å²) in [7, 11) is -0.931. The van der Waals surface area contributed by atoms with Gasteiger partial charge < -0.3 is 0 Å². The first-order valence-electron chi connectivity index (χ1n) is 4.53. The smallest absolute Gasteiger partial charge is 0.0957 e. The molecule has 0 saturated heterocycles. The van der Waals surface area contributed by atoms with Crippen molar-refractivity contribution >= 4 is 19.8 Å². The lowest BCUT2D eigenvalue weighted by molar-refractivity contribution is 1.11. The number of rotatable bonds is 3. The molecule has 0 aliphatic carbocycles. The van der Waals surface area contributed by atoms with Crippen LogP contribution in [-0.2, 0) is 0 Å². The lowest BCUT2D eigenvalue weighted by atomic mass is 10.3. The Balaban J connectivity index is 2.51. The summed E-state index contributed by atoms with van der Waals surface area (Å²) < 4.78 is 0. The van der Waals surface area contributed by atoms with Crippen LogP contribution in [0.25, 0.3) is 0 Å². The van der Waals surface area contributed by atoms with Crippen LogP contribution in [0.15, 0.2) is 23.4 Å². The van der Waals surface area contributed by atoms with Gasteiger partial charge in [0.1, 0.15) is 0 Å². The van der Waals surface area contributed by atoms with E-state index in [9.17, 15) is 0 Å². The Hall–Kier alpha value is -0.283. The molecule has 13 heavy (non-hydrogen) atoms. The average Bonchev–Trinajstić information content (AvgIpc) is 2.02. The molecule has 0 amide bonds. The lowest BCUT2D eigenvalue weighted by Crippen LogP contribution is -2.23. The van der Waals surface area contributed by atoms with E-state index in [0.29, 0.717) is 0 Å². The Labute approximate surface area is 86.0 Å². The summed E-state index contributed by atoms with van der Waals surface area (Å²) in [5.41, 5.74) is 1.23. The van der Waals surface area contributed by atoms with E-state index in [2.05, 4.69) is 43.7 Å². The van der Waals surface area contributed by atoms with E-state index in [1.807, 2.05) is 18.0 Å². The molecule has 1 heterocycles. The highest BCUT2D eigenvalue weighted by Crippen LogP contribution is 2.19. The van der Waals surface area contributed by atoms with Gasteiger partial charge >= 0.3 is 0 Å². The third-order valence-electron chi connectivity index (χ3n) is 1.54. The van der Waals surface area contributed by atoms with Gasteiger partial charge in [0.15, 0.2) is 0 Å². The van der Waals surface area contributed by atoms with Crippen molar-refractivity contribution in [2.45, 2.75) is 31.6 Å². The maximum Gasteiger partial charge on any atom is 0.0957 e. The molecule has 0 atom stereocenters. The molecule has 0 aliphatic rings. The van der Waals surface area contributed by atoms with E-state index < -0.39 is 8.07 Å². The van der Waals surface area contributed by atoms with Crippen molar-refractivity contribution < 1.29 is 0 Å². The van der Waals surface area contributed by atoms with Crippen molar-refractivity contribution in [2.75, 3.05) is 5.38 Å². The van der Waals surface area contributed by atoms with E-state index in [1.54, 1.807) is 0 Å². The molecule has 1 rings (SSSR count). The second kappa shape index (κ2) is 4.29. The second-order valence-corrected chi connectivity index (χ2v) is 11.5. The molecule has 0 unspecified atom stereocenters. The van der Waals surface area contributed by atoms with Gasteiger partial charge in [-0.2, -0.15) is 0 Å². The maximum atomic E-state index is 4.37. The third-order valence-corrected chi connectivity index (χ3v) is 6.12. The Bertz CT molecular complexity index is 263. The molecule has 0 N–H and O–H groups in total. The summed E-state index contributed by atoms with van der Waals surface area (Å²) in [5.74, 6) is 0. The number of aromatic nitrogens is 1. The molecule has 1 aromatic rings. The van der Waals surface area contributed by atoms with Crippen LogP contribution in [0.5, 0.6) is 0 Å². The third kappa shape index (κ3) is 4.48. The minimum Gasteiger partial charge on any atom is -0.250 e. The molecule has 72 valence electrons. The Morgan fingerprint density at radius 2 is 2.00 bits per heavy atom. The summed E-state index contributed by atoms with van der Waals surface area (Å²) in [4.78, 5) is 4.37. The monoisotopic (exact) mass is 211 g/mol. The molecule has 0 radical (unpaired) electrons. The van der Waals surface area contributed by atoms with Crippen molar-refractivity contribution in [3.8, 4) is 0 Å². The van der Waals surface area contributed by atoms with Crippen LogP contribution in [0.2, 0.25) is 19.6 Å². The number of pyridine rings is 1. The van der Waals surface area contributed by atoms with E-state index in [1.165, 1.54) is 10.9 Å². The molecule has 0 spiro atoms. The Morgan fingerprint density at radius 1 is 1.31 bits per heavy atom. The van der Waals surface area contributed by atoms with Gasteiger partial charge in [-0.3, -0.25) is 0 Å². The number of hydrogen-bond donors (Lipinski definition) is 0. The molecule has 0 aliphatic heterocycles. The van der Waals surface area contributed by atoms with Gasteiger partial charge in [0.05, 0.1) is 13.1 Å². The van der Waals surface area contributed by atoms with Crippen LogP contribution in [0, 0.1) is 6.92 Å². The van der Waals surface area contributed by atoms with Crippen LogP contribution in [0.3, 0.4) is 0 Å². The van der Waals surface area contributed by atoms with Crippen molar-refractivity contribution in [3.05, 3.63) is 23.9 Å². The lowest BCUT2D eigenvalue weighted by Gasteiger charge is -2.14. The van der Waals surface area contributed by atoms with Crippen LogP contribution >= 0.6 is 11.8 Å². The molecular weight excluding hydrogens is 194 g/mol. The van der Waals surface area contributed by atoms with Crippen molar-refractivity contribution in [2.24, 2.45) is 0 Å². The zero-order valence-electron chi connectivity index (χ0n) is 8.79. The van der Waals surface area contributed by atoms with Gasteiger partial charge in [-0.15, -0.1) is 11.8 Å². The fourth-order valence-electron chi connectivity index (χ4n) is 0.830. The minimum atomic E-state index is -0.931. The molecular formula is C10H17NSSi. The summed E-state index contributed by atoms with van der Waals surface area (Å²) in [6, 6.07) is 4.24. The first kappa shape index (κ1) is 10.8.